The van der Waals surface area contributed by atoms with Gasteiger partial charge in [0.05, 0.1) is 5.02 Å². The molecule has 0 radical (unpaired) electrons. The third-order valence-corrected chi connectivity index (χ3v) is 5.32. The standard InChI is InChI=1S/C11H14BrClN2O2S/c12-8-3-4-9(13)11(5-8)18(16,17)15-6-10(14)7-1-2-7/h3-5,7,10,15H,1-2,6,14H2. The molecule has 1 aromatic carbocycles. The number of halogens is 2. The van der Waals surface area contributed by atoms with Gasteiger partial charge in [0.1, 0.15) is 4.90 Å². The lowest BCUT2D eigenvalue weighted by Gasteiger charge is -2.13. The summed E-state index contributed by atoms with van der Waals surface area (Å²) >= 11 is 9.13. The van der Waals surface area contributed by atoms with Gasteiger partial charge in [-0.3, -0.25) is 0 Å². The van der Waals surface area contributed by atoms with Crippen LogP contribution in [0.1, 0.15) is 12.8 Å². The minimum Gasteiger partial charge on any atom is -0.326 e. The fourth-order valence-electron chi connectivity index (χ4n) is 1.66. The minimum absolute atomic E-state index is 0.0709. The van der Waals surface area contributed by atoms with Crippen LogP contribution < -0.4 is 10.5 Å². The van der Waals surface area contributed by atoms with Crippen LogP contribution in [0.3, 0.4) is 0 Å². The Morgan fingerprint density at radius 1 is 1.50 bits per heavy atom. The second kappa shape index (κ2) is 5.46. The molecule has 1 aliphatic carbocycles. The van der Waals surface area contributed by atoms with Crippen molar-refractivity contribution in [1.29, 1.82) is 0 Å². The summed E-state index contributed by atoms with van der Waals surface area (Å²) in [6.45, 7) is 0.246. The number of nitrogens with one attached hydrogen (secondary N) is 1. The molecule has 1 fully saturated rings. The van der Waals surface area contributed by atoms with Crippen molar-refractivity contribution in [2.75, 3.05) is 6.54 Å². The van der Waals surface area contributed by atoms with Crippen LogP contribution in [0.2, 0.25) is 5.02 Å². The van der Waals surface area contributed by atoms with Crippen molar-refractivity contribution in [3.63, 3.8) is 0 Å². The van der Waals surface area contributed by atoms with E-state index in [9.17, 15) is 8.42 Å². The van der Waals surface area contributed by atoms with Gasteiger partial charge in [-0.05, 0) is 37.0 Å². The highest BCUT2D eigenvalue weighted by Crippen LogP contribution is 2.31. The molecule has 1 atom stereocenters. The number of hydrogen-bond acceptors (Lipinski definition) is 3. The van der Waals surface area contributed by atoms with Gasteiger partial charge in [-0.25, -0.2) is 13.1 Å². The highest BCUT2D eigenvalue weighted by atomic mass is 79.9. The molecule has 3 N–H and O–H groups in total. The molecule has 1 unspecified atom stereocenters. The predicted molar refractivity (Wildman–Crippen MR) is 75.0 cm³/mol. The molecule has 0 aromatic heterocycles. The van der Waals surface area contributed by atoms with E-state index in [0.717, 1.165) is 12.8 Å². The van der Waals surface area contributed by atoms with Gasteiger partial charge in [-0.1, -0.05) is 27.5 Å². The zero-order valence-electron chi connectivity index (χ0n) is 9.57. The second-order valence-corrected chi connectivity index (χ2v) is 7.49. The first-order valence-electron chi connectivity index (χ1n) is 5.60. The summed E-state index contributed by atoms with van der Waals surface area (Å²) in [5.41, 5.74) is 5.86. The molecular weight excluding hydrogens is 340 g/mol. The lowest BCUT2D eigenvalue weighted by atomic mass is 10.2. The van der Waals surface area contributed by atoms with E-state index < -0.39 is 10.0 Å². The molecule has 1 aromatic rings. The Bertz CT molecular complexity index is 546. The van der Waals surface area contributed by atoms with Crippen LogP contribution in [0.4, 0.5) is 0 Å². The fourth-order valence-corrected chi connectivity index (χ4v) is 3.77. The van der Waals surface area contributed by atoms with E-state index in [1.165, 1.54) is 6.07 Å². The van der Waals surface area contributed by atoms with Gasteiger partial charge < -0.3 is 5.73 Å². The summed E-state index contributed by atoms with van der Waals surface area (Å²) in [6, 6.07) is 4.59. The molecule has 0 spiro atoms. The van der Waals surface area contributed by atoms with Gasteiger partial charge in [-0.15, -0.1) is 0 Å². The Morgan fingerprint density at radius 3 is 2.78 bits per heavy atom. The molecule has 18 heavy (non-hydrogen) atoms. The zero-order chi connectivity index (χ0) is 13.3. The van der Waals surface area contributed by atoms with Crippen LogP contribution in [0.15, 0.2) is 27.6 Å². The summed E-state index contributed by atoms with van der Waals surface area (Å²) in [5.74, 6) is 0.450. The van der Waals surface area contributed by atoms with E-state index in [-0.39, 0.29) is 22.5 Å². The topological polar surface area (TPSA) is 72.2 Å². The highest BCUT2D eigenvalue weighted by molar-refractivity contribution is 9.10. The highest BCUT2D eigenvalue weighted by Gasteiger charge is 2.29. The molecule has 0 heterocycles. The summed E-state index contributed by atoms with van der Waals surface area (Å²) in [5, 5.41) is 0.200. The number of nitrogens with two attached hydrogens (primary N) is 1. The lowest BCUT2D eigenvalue weighted by molar-refractivity contribution is 0.548. The summed E-state index contributed by atoms with van der Waals surface area (Å²) < 4.78 is 27.3. The third kappa shape index (κ3) is 3.45. The number of sulfonamides is 1. The van der Waals surface area contributed by atoms with Crippen molar-refractivity contribution in [1.82, 2.24) is 4.72 Å². The Balaban J connectivity index is 2.11. The van der Waals surface area contributed by atoms with E-state index in [1.807, 2.05) is 0 Å². The van der Waals surface area contributed by atoms with Crippen molar-refractivity contribution >= 4 is 37.6 Å². The normalized spacial score (nSPS) is 17.7. The molecule has 2 rings (SSSR count). The SMILES string of the molecule is NC(CNS(=O)(=O)c1cc(Br)ccc1Cl)C1CC1. The van der Waals surface area contributed by atoms with Gasteiger partial charge in [0.2, 0.25) is 10.0 Å². The van der Waals surface area contributed by atoms with Gasteiger partial charge in [0, 0.05) is 17.1 Å². The predicted octanol–water partition coefficient (Wildman–Crippen LogP) is 2.12. The van der Waals surface area contributed by atoms with E-state index in [2.05, 4.69) is 20.7 Å². The van der Waals surface area contributed by atoms with E-state index >= 15 is 0 Å². The van der Waals surface area contributed by atoms with Gasteiger partial charge >= 0.3 is 0 Å². The van der Waals surface area contributed by atoms with Crippen LogP contribution in [0.5, 0.6) is 0 Å². The maximum atomic E-state index is 12.1. The first-order chi connectivity index (χ1) is 8.40. The molecule has 0 bridgehead atoms. The number of hydrogen-bond donors (Lipinski definition) is 2. The van der Waals surface area contributed by atoms with Crippen LogP contribution in [-0.4, -0.2) is 21.0 Å². The van der Waals surface area contributed by atoms with Crippen LogP contribution in [0.25, 0.3) is 0 Å². The lowest BCUT2D eigenvalue weighted by Crippen LogP contribution is -2.38. The molecule has 1 saturated carbocycles. The maximum absolute atomic E-state index is 12.1. The van der Waals surface area contributed by atoms with Crippen molar-refractivity contribution < 1.29 is 8.42 Å². The van der Waals surface area contributed by atoms with Gasteiger partial charge in [0.15, 0.2) is 0 Å². The molecular formula is C11H14BrClN2O2S. The molecule has 100 valence electrons. The molecule has 4 nitrogen and oxygen atoms in total. The summed E-state index contributed by atoms with van der Waals surface area (Å²) in [7, 11) is -3.61. The molecule has 0 amide bonds. The van der Waals surface area contributed by atoms with Gasteiger partial charge in [0.25, 0.3) is 0 Å². The van der Waals surface area contributed by atoms with Crippen molar-refractivity contribution in [3.05, 3.63) is 27.7 Å². The average molecular weight is 354 g/mol. The van der Waals surface area contributed by atoms with Crippen molar-refractivity contribution in [3.8, 4) is 0 Å². The quantitative estimate of drug-likeness (QED) is 0.851. The first kappa shape index (κ1) is 14.3. The molecule has 0 aliphatic heterocycles. The summed E-state index contributed by atoms with van der Waals surface area (Å²) in [4.78, 5) is 0.0709. The Kier molecular flexibility index (Phi) is 4.33. The first-order valence-corrected chi connectivity index (χ1v) is 8.26. The van der Waals surface area contributed by atoms with Crippen molar-refractivity contribution in [2.24, 2.45) is 11.7 Å². The van der Waals surface area contributed by atoms with E-state index in [4.69, 9.17) is 17.3 Å². The van der Waals surface area contributed by atoms with Crippen LogP contribution in [0, 0.1) is 5.92 Å². The number of rotatable bonds is 5. The Labute approximate surface area is 120 Å². The Hall–Kier alpha value is -0.140. The van der Waals surface area contributed by atoms with Crippen LogP contribution >= 0.6 is 27.5 Å². The Morgan fingerprint density at radius 2 is 2.17 bits per heavy atom. The largest absolute Gasteiger partial charge is 0.326 e. The third-order valence-electron chi connectivity index (χ3n) is 2.92. The average Bonchev–Trinajstić information content (AvgIpc) is 3.13. The van der Waals surface area contributed by atoms with Crippen molar-refractivity contribution in [2.45, 2.75) is 23.8 Å². The zero-order valence-corrected chi connectivity index (χ0v) is 12.7. The van der Waals surface area contributed by atoms with E-state index in [0.29, 0.717) is 10.4 Å². The molecule has 7 heteroatoms. The molecule has 1 aliphatic rings. The second-order valence-electron chi connectivity index (χ2n) is 4.43. The minimum atomic E-state index is -3.61. The van der Waals surface area contributed by atoms with E-state index in [1.54, 1.807) is 12.1 Å². The fraction of sp³-hybridized carbons (Fsp3) is 0.455. The van der Waals surface area contributed by atoms with Gasteiger partial charge in [-0.2, -0.15) is 0 Å². The smallest absolute Gasteiger partial charge is 0.242 e. The number of benzene rings is 1. The monoisotopic (exact) mass is 352 g/mol. The van der Waals surface area contributed by atoms with Crippen LogP contribution in [-0.2, 0) is 10.0 Å². The summed E-state index contributed by atoms with van der Waals surface area (Å²) in [6.07, 6.45) is 2.17. The maximum Gasteiger partial charge on any atom is 0.242 e. The molecule has 0 saturated heterocycles.